The first-order chi connectivity index (χ1) is 7.74. The first-order valence-corrected chi connectivity index (χ1v) is 5.56. The molecule has 0 fully saturated rings. The number of amides is 1. The van der Waals surface area contributed by atoms with Gasteiger partial charge in [0.15, 0.2) is 0 Å². The number of hydrogen-bond acceptors (Lipinski definition) is 5. The Morgan fingerprint density at radius 1 is 1.38 bits per heavy atom. The van der Waals surface area contributed by atoms with Crippen molar-refractivity contribution in [2.45, 2.75) is 13.3 Å². The summed E-state index contributed by atoms with van der Waals surface area (Å²) in [5.41, 5.74) is 3.79. The van der Waals surface area contributed by atoms with E-state index in [0.717, 1.165) is 34.2 Å². The molecular weight excluding hydrogens is 224 g/mol. The molecule has 2 heterocycles. The predicted octanol–water partition coefficient (Wildman–Crippen LogP) is 2.13. The summed E-state index contributed by atoms with van der Waals surface area (Å²) in [5, 5.41) is 2.82. The van der Waals surface area contributed by atoms with Crippen molar-refractivity contribution in [3.8, 4) is 0 Å². The standard InChI is InChI=1S/C10H8N4OS/c1-5-4-8(15)12-6-2-3-7-10(9(6)11-5)14-16-13-7/h2-3H,4H2,1H3,(H,12,15). The van der Waals surface area contributed by atoms with Crippen LogP contribution in [-0.2, 0) is 4.79 Å². The first-order valence-electron chi connectivity index (χ1n) is 4.83. The molecule has 5 nitrogen and oxygen atoms in total. The minimum atomic E-state index is -0.0393. The van der Waals surface area contributed by atoms with Crippen LogP contribution in [0.4, 0.5) is 11.4 Å². The van der Waals surface area contributed by atoms with Crippen LogP contribution in [0.25, 0.3) is 11.0 Å². The lowest BCUT2D eigenvalue weighted by molar-refractivity contribution is -0.115. The summed E-state index contributed by atoms with van der Waals surface area (Å²) >= 11 is 1.15. The average molecular weight is 232 g/mol. The van der Waals surface area contributed by atoms with Crippen molar-refractivity contribution in [2.24, 2.45) is 4.99 Å². The van der Waals surface area contributed by atoms with Crippen molar-refractivity contribution >= 4 is 45.8 Å². The number of carbonyl (C=O) groups excluding carboxylic acids is 1. The Hall–Kier alpha value is -1.82. The van der Waals surface area contributed by atoms with Gasteiger partial charge in [0, 0.05) is 5.71 Å². The summed E-state index contributed by atoms with van der Waals surface area (Å²) < 4.78 is 8.36. The molecule has 1 aromatic heterocycles. The van der Waals surface area contributed by atoms with E-state index < -0.39 is 0 Å². The summed E-state index contributed by atoms with van der Waals surface area (Å²) in [7, 11) is 0. The van der Waals surface area contributed by atoms with Gasteiger partial charge in [-0.1, -0.05) is 0 Å². The lowest BCUT2D eigenvalue weighted by atomic mass is 10.2. The molecular formula is C10H8N4OS. The number of hydrogen-bond donors (Lipinski definition) is 1. The molecule has 0 atom stereocenters. The van der Waals surface area contributed by atoms with Gasteiger partial charge in [0.25, 0.3) is 0 Å². The number of nitrogens with one attached hydrogen (secondary N) is 1. The summed E-state index contributed by atoms with van der Waals surface area (Å²) in [4.78, 5) is 15.9. The molecule has 0 unspecified atom stereocenters. The van der Waals surface area contributed by atoms with Crippen LogP contribution in [0.2, 0.25) is 0 Å². The zero-order chi connectivity index (χ0) is 11.1. The van der Waals surface area contributed by atoms with E-state index >= 15 is 0 Å². The molecule has 16 heavy (non-hydrogen) atoms. The van der Waals surface area contributed by atoms with E-state index in [9.17, 15) is 4.79 Å². The number of aromatic nitrogens is 2. The van der Waals surface area contributed by atoms with Crippen molar-refractivity contribution in [3.63, 3.8) is 0 Å². The van der Waals surface area contributed by atoms with Gasteiger partial charge in [-0.25, -0.2) is 0 Å². The third-order valence-electron chi connectivity index (χ3n) is 2.39. The molecule has 0 aliphatic carbocycles. The van der Waals surface area contributed by atoms with Crippen molar-refractivity contribution in [3.05, 3.63) is 12.1 Å². The van der Waals surface area contributed by atoms with Gasteiger partial charge in [-0.05, 0) is 19.1 Å². The summed E-state index contributed by atoms with van der Waals surface area (Å²) in [6.45, 7) is 1.84. The molecule has 1 aliphatic rings. The van der Waals surface area contributed by atoms with Gasteiger partial charge in [0.1, 0.15) is 16.7 Å². The van der Waals surface area contributed by atoms with Gasteiger partial charge in [-0.15, -0.1) is 0 Å². The number of anilines is 1. The molecule has 0 spiro atoms. The lowest BCUT2D eigenvalue weighted by Gasteiger charge is -2.03. The number of aliphatic imine (C=N–C) groups is 1. The van der Waals surface area contributed by atoms with Crippen LogP contribution in [0.15, 0.2) is 17.1 Å². The fourth-order valence-electron chi connectivity index (χ4n) is 1.71. The van der Waals surface area contributed by atoms with Crippen LogP contribution in [0.3, 0.4) is 0 Å². The topological polar surface area (TPSA) is 67.2 Å². The maximum absolute atomic E-state index is 11.5. The van der Waals surface area contributed by atoms with Gasteiger partial charge >= 0.3 is 0 Å². The molecule has 0 saturated carbocycles. The fourth-order valence-corrected chi connectivity index (χ4v) is 2.25. The molecule has 1 N–H and O–H groups in total. The van der Waals surface area contributed by atoms with Gasteiger partial charge in [-0.3, -0.25) is 9.79 Å². The second kappa shape index (κ2) is 3.34. The van der Waals surface area contributed by atoms with E-state index in [4.69, 9.17) is 0 Å². The number of fused-ring (bicyclic) bond motifs is 3. The van der Waals surface area contributed by atoms with E-state index in [1.54, 1.807) is 0 Å². The molecule has 2 aromatic rings. The minimum absolute atomic E-state index is 0.0393. The van der Waals surface area contributed by atoms with Crippen LogP contribution < -0.4 is 5.32 Å². The normalized spacial score (nSPS) is 15.3. The quantitative estimate of drug-likeness (QED) is 0.756. The Morgan fingerprint density at radius 3 is 3.12 bits per heavy atom. The van der Waals surface area contributed by atoms with E-state index in [0.29, 0.717) is 12.1 Å². The second-order valence-corrected chi connectivity index (χ2v) is 4.19. The SMILES string of the molecule is CC1=Nc2c(ccc3nsnc23)NC(=O)C1. The fraction of sp³-hybridized carbons (Fsp3) is 0.200. The molecule has 1 aliphatic heterocycles. The summed E-state index contributed by atoms with van der Waals surface area (Å²) in [6.07, 6.45) is 0.327. The van der Waals surface area contributed by atoms with Crippen LogP contribution >= 0.6 is 11.7 Å². The number of benzene rings is 1. The first kappa shape index (κ1) is 9.41. The Bertz CT molecular complexity index is 616. The lowest BCUT2D eigenvalue weighted by Crippen LogP contribution is -2.12. The number of rotatable bonds is 0. The molecule has 1 aromatic carbocycles. The molecule has 0 bridgehead atoms. The van der Waals surface area contributed by atoms with Crippen molar-refractivity contribution < 1.29 is 4.79 Å². The monoisotopic (exact) mass is 232 g/mol. The maximum atomic E-state index is 11.5. The molecule has 1 amide bonds. The van der Waals surface area contributed by atoms with Crippen LogP contribution in [0.1, 0.15) is 13.3 Å². The summed E-state index contributed by atoms with van der Waals surface area (Å²) in [5.74, 6) is -0.0393. The van der Waals surface area contributed by atoms with Gasteiger partial charge in [0.05, 0.1) is 23.8 Å². The maximum Gasteiger partial charge on any atom is 0.230 e. The number of carbonyl (C=O) groups is 1. The molecule has 3 rings (SSSR count). The van der Waals surface area contributed by atoms with E-state index in [2.05, 4.69) is 19.1 Å². The highest BCUT2D eigenvalue weighted by molar-refractivity contribution is 7.00. The molecule has 80 valence electrons. The van der Waals surface area contributed by atoms with Crippen molar-refractivity contribution in [2.75, 3.05) is 5.32 Å². The predicted molar refractivity (Wildman–Crippen MR) is 63.4 cm³/mol. The van der Waals surface area contributed by atoms with Crippen LogP contribution in [-0.4, -0.2) is 20.4 Å². The van der Waals surface area contributed by atoms with Gasteiger partial charge in [0.2, 0.25) is 5.91 Å². The molecule has 6 heteroatoms. The summed E-state index contributed by atoms with van der Waals surface area (Å²) in [6, 6.07) is 3.66. The highest BCUT2D eigenvalue weighted by Gasteiger charge is 2.17. The Kier molecular flexibility index (Phi) is 1.97. The van der Waals surface area contributed by atoms with Crippen LogP contribution in [0.5, 0.6) is 0 Å². The van der Waals surface area contributed by atoms with Gasteiger partial charge in [-0.2, -0.15) is 8.75 Å². The minimum Gasteiger partial charge on any atom is -0.324 e. The molecule has 0 saturated heterocycles. The van der Waals surface area contributed by atoms with Crippen LogP contribution in [0, 0.1) is 0 Å². The van der Waals surface area contributed by atoms with E-state index in [1.165, 1.54) is 0 Å². The van der Waals surface area contributed by atoms with Crippen molar-refractivity contribution in [1.29, 1.82) is 0 Å². The van der Waals surface area contributed by atoms with E-state index in [1.807, 2.05) is 19.1 Å². The third kappa shape index (κ3) is 1.38. The Balaban J connectivity index is 2.33. The van der Waals surface area contributed by atoms with Crippen molar-refractivity contribution in [1.82, 2.24) is 8.75 Å². The zero-order valence-corrected chi connectivity index (χ0v) is 9.34. The number of nitrogens with zero attached hydrogens (tertiary/aromatic N) is 3. The van der Waals surface area contributed by atoms with E-state index in [-0.39, 0.29) is 5.91 Å². The smallest absolute Gasteiger partial charge is 0.230 e. The van der Waals surface area contributed by atoms with Gasteiger partial charge < -0.3 is 5.32 Å². The highest BCUT2D eigenvalue weighted by Crippen LogP contribution is 2.34. The zero-order valence-electron chi connectivity index (χ0n) is 8.52. The molecule has 0 radical (unpaired) electrons. The third-order valence-corrected chi connectivity index (χ3v) is 2.94. The Labute approximate surface area is 95.5 Å². The Morgan fingerprint density at radius 2 is 2.25 bits per heavy atom. The highest BCUT2D eigenvalue weighted by atomic mass is 32.1. The second-order valence-electron chi connectivity index (χ2n) is 3.67. The average Bonchev–Trinajstić information content (AvgIpc) is 2.64. The largest absolute Gasteiger partial charge is 0.324 e.